The second-order valence-corrected chi connectivity index (χ2v) is 5.01. The van der Waals surface area contributed by atoms with Crippen LogP contribution in [0, 0.1) is 10.1 Å². The third-order valence-electron chi connectivity index (χ3n) is 2.53. The summed E-state index contributed by atoms with van der Waals surface area (Å²) in [4.78, 5) is 14.3. The molecule has 0 spiro atoms. The van der Waals surface area contributed by atoms with E-state index in [2.05, 4.69) is 10.3 Å². The van der Waals surface area contributed by atoms with Crippen molar-refractivity contribution < 1.29 is 4.92 Å². The van der Waals surface area contributed by atoms with Crippen molar-refractivity contribution in [3.8, 4) is 0 Å². The first kappa shape index (κ1) is 14.8. The van der Waals surface area contributed by atoms with E-state index in [1.807, 2.05) is 0 Å². The zero-order valence-corrected chi connectivity index (χ0v) is 12.2. The number of nitrogens with zero attached hydrogens (tertiary/aromatic N) is 2. The highest BCUT2D eigenvalue weighted by molar-refractivity contribution is 6.36. The van der Waals surface area contributed by atoms with Gasteiger partial charge in [-0.25, -0.2) is 4.98 Å². The Hall–Kier alpha value is -1.56. The molecule has 0 saturated carbocycles. The molecule has 0 atom stereocenters. The van der Waals surface area contributed by atoms with Gasteiger partial charge in [-0.15, -0.1) is 0 Å². The predicted molar refractivity (Wildman–Crippen MR) is 79.7 cm³/mol. The number of pyridine rings is 1. The van der Waals surface area contributed by atoms with Gasteiger partial charge in [-0.1, -0.05) is 40.9 Å². The minimum Gasteiger partial charge on any atom is -0.360 e. The summed E-state index contributed by atoms with van der Waals surface area (Å²) in [5.41, 5.74) is 0.462. The van der Waals surface area contributed by atoms with E-state index >= 15 is 0 Å². The molecule has 0 saturated heterocycles. The largest absolute Gasteiger partial charge is 0.360 e. The Morgan fingerprint density at radius 3 is 2.40 bits per heavy atom. The Morgan fingerprint density at radius 1 is 1.15 bits per heavy atom. The van der Waals surface area contributed by atoms with Gasteiger partial charge in [-0.05, 0) is 18.2 Å². The summed E-state index contributed by atoms with van der Waals surface area (Å²) >= 11 is 17.8. The molecule has 5 nitrogen and oxygen atoms in total. The van der Waals surface area contributed by atoms with Crippen molar-refractivity contribution in [2.45, 2.75) is 6.54 Å². The Balaban J connectivity index is 2.27. The van der Waals surface area contributed by atoms with Crippen LogP contribution >= 0.6 is 34.8 Å². The molecule has 1 heterocycles. The lowest BCUT2D eigenvalue weighted by molar-refractivity contribution is -0.384. The first-order chi connectivity index (χ1) is 9.49. The SMILES string of the molecule is O=[N+]([O-])c1ccc(Cl)nc1NCc1c(Cl)cccc1Cl. The maximum absolute atomic E-state index is 10.9. The minimum absolute atomic E-state index is 0.0680. The van der Waals surface area contributed by atoms with Crippen LogP contribution in [0.5, 0.6) is 0 Å². The number of benzene rings is 1. The second kappa shape index (κ2) is 6.26. The Labute approximate surface area is 129 Å². The summed E-state index contributed by atoms with van der Waals surface area (Å²) < 4.78 is 0. The molecule has 0 bridgehead atoms. The van der Waals surface area contributed by atoms with Gasteiger partial charge < -0.3 is 5.32 Å². The van der Waals surface area contributed by atoms with Crippen LogP contribution in [0.25, 0.3) is 0 Å². The number of aromatic nitrogens is 1. The molecule has 2 aromatic rings. The lowest BCUT2D eigenvalue weighted by Gasteiger charge is -2.09. The van der Waals surface area contributed by atoms with E-state index in [4.69, 9.17) is 34.8 Å². The van der Waals surface area contributed by atoms with Gasteiger partial charge in [0.05, 0.1) is 4.92 Å². The van der Waals surface area contributed by atoms with Gasteiger partial charge >= 0.3 is 5.69 Å². The Bertz CT molecular complexity index is 644. The van der Waals surface area contributed by atoms with Gasteiger partial charge in [0.1, 0.15) is 5.15 Å². The molecule has 104 valence electrons. The Morgan fingerprint density at radius 2 is 1.80 bits per heavy atom. The van der Waals surface area contributed by atoms with Crippen LogP contribution < -0.4 is 5.32 Å². The van der Waals surface area contributed by atoms with Crippen molar-refractivity contribution >= 4 is 46.3 Å². The summed E-state index contributed by atoms with van der Waals surface area (Å²) in [6.07, 6.45) is 0. The van der Waals surface area contributed by atoms with Gasteiger partial charge in [0, 0.05) is 28.2 Å². The first-order valence-electron chi connectivity index (χ1n) is 5.46. The average molecular weight is 333 g/mol. The monoisotopic (exact) mass is 331 g/mol. The van der Waals surface area contributed by atoms with Crippen LogP contribution in [0.1, 0.15) is 5.56 Å². The maximum atomic E-state index is 10.9. The average Bonchev–Trinajstić information content (AvgIpc) is 2.37. The van der Waals surface area contributed by atoms with Gasteiger partial charge in [-0.2, -0.15) is 0 Å². The van der Waals surface area contributed by atoms with E-state index in [0.29, 0.717) is 15.6 Å². The van der Waals surface area contributed by atoms with E-state index in [0.717, 1.165) is 0 Å². The molecule has 0 aliphatic rings. The highest BCUT2D eigenvalue weighted by atomic mass is 35.5. The smallest absolute Gasteiger partial charge is 0.311 e. The number of rotatable bonds is 4. The summed E-state index contributed by atoms with van der Waals surface area (Å²) in [5, 5.41) is 14.8. The minimum atomic E-state index is -0.542. The van der Waals surface area contributed by atoms with Gasteiger partial charge in [0.25, 0.3) is 0 Å². The summed E-state index contributed by atoms with van der Waals surface area (Å²) in [7, 11) is 0. The molecule has 1 N–H and O–H groups in total. The fraction of sp³-hybridized carbons (Fsp3) is 0.0833. The molecule has 8 heteroatoms. The lowest BCUT2D eigenvalue weighted by atomic mass is 10.2. The molecular formula is C12H8Cl3N3O2. The van der Waals surface area contributed by atoms with E-state index in [-0.39, 0.29) is 23.2 Å². The van der Waals surface area contributed by atoms with E-state index in [1.165, 1.54) is 12.1 Å². The van der Waals surface area contributed by atoms with Crippen molar-refractivity contribution in [2.75, 3.05) is 5.32 Å². The molecular weight excluding hydrogens is 325 g/mol. The van der Waals surface area contributed by atoms with Crippen LogP contribution in [0.3, 0.4) is 0 Å². The number of nitro groups is 1. The van der Waals surface area contributed by atoms with E-state index < -0.39 is 4.92 Å². The van der Waals surface area contributed by atoms with Crippen LogP contribution in [-0.2, 0) is 6.54 Å². The summed E-state index contributed by atoms with van der Waals surface area (Å²) in [5.74, 6) is 0.0680. The summed E-state index contributed by atoms with van der Waals surface area (Å²) in [6.45, 7) is 0.201. The fourth-order valence-electron chi connectivity index (χ4n) is 1.58. The first-order valence-corrected chi connectivity index (χ1v) is 6.60. The quantitative estimate of drug-likeness (QED) is 0.506. The third-order valence-corrected chi connectivity index (χ3v) is 3.45. The fourth-order valence-corrected chi connectivity index (χ4v) is 2.26. The van der Waals surface area contributed by atoms with Crippen LogP contribution in [0.4, 0.5) is 11.5 Å². The third kappa shape index (κ3) is 3.30. The standard InChI is InChI=1S/C12H8Cl3N3O2/c13-8-2-1-3-9(14)7(8)6-16-12-10(18(19)20)4-5-11(15)17-12/h1-5H,6H2,(H,16,17). The van der Waals surface area contributed by atoms with Gasteiger partial charge in [0.15, 0.2) is 0 Å². The molecule has 20 heavy (non-hydrogen) atoms. The van der Waals surface area contributed by atoms with Crippen LogP contribution in [0.15, 0.2) is 30.3 Å². The number of halogens is 3. The topological polar surface area (TPSA) is 68.1 Å². The zero-order chi connectivity index (χ0) is 14.7. The molecule has 1 aromatic heterocycles. The molecule has 0 amide bonds. The van der Waals surface area contributed by atoms with Gasteiger partial charge in [0.2, 0.25) is 5.82 Å². The molecule has 1 aromatic carbocycles. The highest BCUT2D eigenvalue weighted by Crippen LogP contribution is 2.28. The summed E-state index contributed by atoms with van der Waals surface area (Å²) in [6, 6.07) is 7.72. The number of nitrogens with one attached hydrogen (secondary N) is 1. The zero-order valence-electron chi connectivity index (χ0n) is 9.94. The van der Waals surface area contributed by atoms with Crippen LogP contribution in [0.2, 0.25) is 15.2 Å². The lowest BCUT2D eigenvalue weighted by Crippen LogP contribution is -2.05. The molecule has 0 aliphatic carbocycles. The van der Waals surface area contributed by atoms with Gasteiger partial charge in [-0.3, -0.25) is 10.1 Å². The molecule has 0 radical (unpaired) electrons. The van der Waals surface area contributed by atoms with Crippen molar-refractivity contribution in [2.24, 2.45) is 0 Å². The van der Waals surface area contributed by atoms with E-state index in [9.17, 15) is 10.1 Å². The van der Waals surface area contributed by atoms with E-state index in [1.54, 1.807) is 18.2 Å². The second-order valence-electron chi connectivity index (χ2n) is 3.81. The molecule has 2 rings (SSSR count). The molecule has 0 fully saturated rings. The normalized spacial score (nSPS) is 10.3. The number of hydrogen-bond donors (Lipinski definition) is 1. The molecule has 0 unspecified atom stereocenters. The number of hydrogen-bond acceptors (Lipinski definition) is 4. The highest BCUT2D eigenvalue weighted by Gasteiger charge is 2.16. The van der Waals surface area contributed by atoms with Crippen LogP contribution in [-0.4, -0.2) is 9.91 Å². The number of anilines is 1. The van der Waals surface area contributed by atoms with Crippen molar-refractivity contribution in [3.63, 3.8) is 0 Å². The van der Waals surface area contributed by atoms with Crippen molar-refractivity contribution in [1.82, 2.24) is 4.98 Å². The Kier molecular flexibility index (Phi) is 4.65. The van der Waals surface area contributed by atoms with Crippen molar-refractivity contribution in [1.29, 1.82) is 0 Å². The van der Waals surface area contributed by atoms with Crippen molar-refractivity contribution in [3.05, 3.63) is 61.2 Å². The predicted octanol–water partition coefficient (Wildman–Crippen LogP) is 4.56. The maximum Gasteiger partial charge on any atom is 0.311 e. The molecule has 0 aliphatic heterocycles.